The Bertz CT molecular complexity index is 999. The number of hydrogen-bond donors (Lipinski definition) is 1. The molecule has 3 rings (SSSR count). The number of nitrogens with one attached hydrogen (secondary N) is 1. The molecule has 1 heterocycles. The number of rotatable bonds is 5. The highest BCUT2D eigenvalue weighted by atomic mass is 79.9. The van der Waals surface area contributed by atoms with Gasteiger partial charge in [0.25, 0.3) is 0 Å². The quantitative estimate of drug-likeness (QED) is 0.266. The summed E-state index contributed by atoms with van der Waals surface area (Å²) in [6.07, 6.45) is 1.45. The van der Waals surface area contributed by atoms with Crippen LogP contribution in [0.4, 0.5) is 0 Å². The first-order valence-electron chi connectivity index (χ1n) is 7.68. The van der Waals surface area contributed by atoms with Gasteiger partial charge in [0, 0.05) is 0 Å². The van der Waals surface area contributed by atoms with E-state index in [1.807, 2.05) is 0 Å². The molecule has 0 bridgehead atoms. The van der Waals surface area contributed by atoms with E-state index in [-0.39, 0.29) is 11.3 Å². The minimum Gasteiger partial charge on any atom is -0.444 e. The molecule has 0 aliphatic heterocycles. The smallest absolute Gasteiger partial charge is 0.345 e. The van der Waals surface area contributed by atoms with Gasteiger partial charge < -0.3 is 9.15 Å². The highest BCUT2D eigenvalue weighted by Gasteiger charge is 2.12. The first-order chi connectivity index (χ1) is 13.0. The number of esters is 1. The molecule has 0 unspecified atom stereocenters. The Kier molecular flexibility index (Phi) is 6.05. The number of halogens is 2. The zero-order valence-electron chi connectivity index (χ0n) is 13.7. The number of carbonyl (C=O) groups is 2. The van der Waals surface area contributed by atoms with E-state index >= 15 is 0 Å². The lowest BCUT2D eigenvalue weighted by atomic mass is 10.2. The molecule has 27 heavy (non-hydrogen) atoms. The fraction of sp³-hybridized carbons (Fsp3) is 0. The predicted octanol–water partition coefficient (Wildman–Crippen LogP) is 4.68. The Morgan fingerprint density at radius 1 is 1.07 bits per heavy atom. The minimum atomic E-state index is -0.543. The van der Waals surface area contributed by atoms with E-state index in [1.165, 1.54) is 12.3 Å². The van der Waals surface area contributed by atoms with Gasteiger partial charge in [0.05, 0.1) is 16.8 Å². The van der Waals surface area contributed by atoms with Gasteiger partial charge >= 0.3 is 11.9 Å². The molecule has 0 saturated heterocycles. The fourth-order valence-corrected chi connectivity index (χ4v) is 2.59. The standard InChI is InChI=1S/C19H12BrClN2O4/c20-17-10-9-16(27-17)18(24)23-22-11-12-5-7-13(8-6-12)26-19(25)14-3-1-2-4-15(14)21/h1-11H,(H,23,24). The van der Waals surface area contributed by atoms with Gasteiger partial charge in [0.1, 0.15) is 5.75 Å². The Balaban J connectivity index is 1.58. The molecule has 0 atom stereocenters. The maximum absolute atomic E-state index is 12.1. The molecule has 1 aromatic heterocycles. The molecule has 8 heteroatoms. The van der Waals surface area contributed by atoms with Crippen LogP contribution in [0.15, 0.2) is 74.9 Å². The molecule has 1 N–H and O–H groups in total. The summed E-state index contributed by atoms with van der Waals surface area (Å²) in [4.78, 5) is 23.9. The molecule has 0 saturated carbocycles. The third kappa shape index (κ3) is 5.06. The van der Waals surface area contributed by atoms with Crippen molar-refractivity contribution in [2.45, 2.75) is 0 Å². The van der Waals surface area contributed by atoms with Gasteiger partial charge in [0.15, 0.2) is 10.4 Å². The molecule has 0 spiro atoms. The van der Waals surface area contributed by atoms with E-state index in [0.717, 1.165) is 0 Å². The highest BCUT2D eigenvalue weighted by molar-refractivity contribution is 9.10. The average Bonchev–Trinajstić information content (AvgIpc) is 3.10. The SMILES string of the molecule is O=C(NN=Cc1ccc(OC(=O)c2ccccc2Cl)cc1)c1ccc(Br)o1. The number of benzene rings is 2. The van der Waals surface area contributed by atoms with Crippen LogP contribution in [-0.4, -0.2) is 18.1 Å². The summed E-state index contributed by atoms with van der Waals surface area (Å²) in [7, 11) is 0. The molecule has 136 valence electrons. The number of hydrogen-bond acceptors (Lipinski definition) is 5. The number of hydrazone groups is 1. The van der Waals surface area contributed by atoms with Crippen LogP contribution >= 0.6 is 27.5 Å². The van der Waals surface area contributed by atoms with Crippen molar-refractivity contribution in [3.63, 3.8) is 0 Å². The number of carbonyl (C=O) groups excluding carboxylic acids is 2. The second-order valence-corrected chi connectivity index (χ2v) is 6.43. The topological polar surface area (TPSA) is 80.9 Å². The summed E-state index contributed by atoms with van der Waals surface area (Å²) >= 11 is 9.10. The largest absolute Gasteiger partial charge is 0.444 e. The Morgan fingerprint density at radius 3 is 2.48 bits per heavy atom. The number of amides is 1. The van der Waals surface area contributed by atoms with Crippen molar-refractivity contribution in [1.82, 2.24) is 5.43 Å². The number of ether oxygens (including phenoxy) is 1. The van der Waals surface area contributed by atoms with Gasteiger partial charge in [-0.3, -0.25) is 4.79 Å². The normalized spacial score (nSPS) is 10.7. The third-order valence-electron chi connectivity index (χ3n) is 3.36. The summed E-state index contributed by atoms with van der Waals surface area (Å²) in [6.45, 7) is 0. The van der Waals surface area contributed by atoms with E-state index in [1.54, 1.807) is 54.6 Å². The van der Waals surface area contributed by atoms with Crippen LogP contribution in [0.1, 0.15) is 26.5 Å². The Hall–Kier alpha value is -2.90. The molecular formula is C19H12BrClN2O4. The molecule has 3 aromatic rings. The zero-order chi connectivity index (χ0) is 19.2. The predicted molar refractivity (Wildman–Crippen MR) is 104 cm³/mol. The van der Waals surface area contributed by atoms with Crippen LogP contribution in [0.25, 0.3) is 0 Å². The van der Waals surface area contributed by atoms with Gasteiger partial charge in [-0.25, -0.2) is 10.2 Å². The second-order valence-electron chi connectivity index (χ2n) is 5.24. The van der Waals surface area contributed by atoms with Crippen molar-refractivity contribution in [1.29, 1.82) is 0 Å². The van der Waals surface area contributed by atoms with Crippen LogP contribution in [-0.2, 0) is 0 Å². The Labute approximate surface area is 167 Å². The van der Waals surface area contributed by atoms with Gasteiger partial charge in [-0.05, 0) is 70.0 Å². The molecule has 2 aromatic carbocycles. The Morgan fingerprint density at radius 2 is 1.81 bits per heavy atom. The van der Waals surface area contributed by atoms with Gasteiger partial charge in [-0.2, -0.15) is 5.10 Å². The van der Waals surface area contributed by atoms with E-state index in [4.69, 9.17) is 20.8 Å². The van der Waals surface area contributed by atoms with Crippen LogP contribution in [0, 0.1) is 0 Å². The fourth-order valence-electron chi connectivity index (χ4n) is 2.07. The van der Waals surface area contributed by atoms with Crippen molar-refractivity contribution in [2.24, 2.45) is 5.10 Å². The van der Waals surface area contributed by atoms with Crippen LogP contribution in [0.2, 0.25) is 5.02 Å². The van der Waals surface area contributed by atoms with Crippen molar-refractivity contribution in [2.75, 3.05) is 0 Å². The second kappa shape index (κ2) is 8.66. The van der Waals surface area contributed by atoms with Gasteiger partial charge in [-0.15, -0.1) is 0 Å². The first kappa shape index (κ1) is 18.9. The molecule has 0 aliphatic rings. The van der Waals surface area contributed by atoms with E-state index in [0.29, 0.717) is 21.0 Å². The summed E-state index contributed by atoms with van der Waals surface area (Å²) in [5.41, 5.74) is 3.34. The average molecular weight is 448 g/mol. The molecular weight excluding hydrogens is 436 g/mol. The van der Waals surface area contributed by atoms with Crippen LogP contribution in [0.5, 0.6) is 5.75 Å². The summed E-state index contributed by atoms with van der Waals surface area (Å²) in [6, 6.07) is 16.4. The van der Waals surface area contributed by atoms with Crippen LogP contribution < -0.4 is 10.2 Å². The molecule has 0 fully saturated rings. The van der Waals surface area contributed by atoms with Crippen molar-refractivity contribution in [3.05, 3.63) is 87.2 Å². The van der Waals surface area contributed by atoms with Crippen molar-refractivity contribution < 1.29 is 18.7 Å². The third-order valence-corrected chi connectivity index (χ3v) is 4.12. The molecule has 1 amide bonds. The lowest BCUT2D eigenvalue weighted by Crippen LogP contribution is -2.16. The molecule has 0 aliphatic carbocycles. The maximum Gasteiger partial charge on any atom is 0.345 e. The van der Waals surface area contributed by atoms with E-state index in [2.05, 4.69) is 26.5 Å². The first-order valence-corrected chi connectivity index (χ1v) is 8.85. The summed E-state index contributed by atoms with van der Waals surface area (Å²) < 4.78 is 10.9. The lowest BCUT2D eigenvalue weighted by Gasteiger charge is -2.05. The maximum atomic E-state index is 12.1. The van der Waals surface area contributed by atoms with Crippen LogP contribution in [0.3, 0.4) is 0 Å². The van der Waals surface area contributed by atoms with Gasteiger partial charge in [-0.1, -0.05) is 23.7 Å². The number of furan rings is 1. The monoisotopic (exact) mass is 446 g/mol. The van der Waals surface area contributed by atoms with Crippen molar-refractivity contribution in [3.8, 4) is 5.75 Å². The van der Waals surface area contributed by atoms with Gasteiger partial charge in [0.2, 0.25) is 0 Å². The van der Waals surface area contributed by atoms with Crippen molar-refractivity contribution >= 4 is 45.6 Å². The minimum absolute atomic E-state index is 0.140. The lowest BCUT2D eigenvalue weighted by molar-refractivity contribution is 0.0734. The highest BCUT2D eigenvalue weighted by Crippen LogP contribution is 2.19. The summed E-state index contributed by atoms with van der Waals surface area (Å²) in [5.74, 6) is -0.511. The molecule has 6 nitrogen and oxygen atoms in total. The van der Waals surface area contributed by atoms with E-state index < -0.39 is 11.9 Å². The summed E-state index contributed by atoms with van der Waals surface area (Å²) in [5, 5.41) is 4.18. The zero-order valence-corrected chi connectivity index (χ0v) is 16.0. The molecule has 0 radical (unpaired) electrons. The number of nitrogens with zero attached hydrogens (tertiary/aromatic N) is 1. The van der Waals surface area contributed by atoms with E-state index in [9.17, 15) is 9.59 Å².